The van der Waals surface area contributed by atoms with Gasteiger partial charge in [0.05, 0.1) is 0 Å². The Morgan fingerprint density at radius 2 is 1.76 bits per heavy atom. The lowest BCUT2D eigenvalue weighted by atomic mass is 9.72. The van der Waals surface area contributed by atoms with Crippen molar-refractivity contribution in [3.05, 3.63) is 35.9 Å². The summed E-state index contributed by atoms with van der Waals surface area (Å²) < 4.78 is 0. The van der Waals surface area contributed by atoms with E-state index in [1.807, 2.05) is 0 Å². The lowest BCUT2D eigenvalue weighted by Gasteiger charge is -2.37. The second kappa shape index (κ2) is 7.45. The van der Waals surface area contributed by atoms with E-state index in [1.165, 1.54) is 44.2 Å². The first-order valence-corrected chi connectivity index (χ1v) is 8.73. The molecule has 1 aromatic carbocycles. The predicted molar refractivity (Wildman–Crippen MR) is 92.5 cm³/mol. The van der Waals surface area contributed by atoms with Crippen LogP contribution in [-0.4, -0.2) is 12.1 Å². The Labute approximate surface area is 131 Å². The second-order valence-electron chi connectivity index (χ2n) is 8.09. The predicted octanol–water partition coefficient (Wildman–Crippen LogP) is 5.06. The van der Waals surface area contributed by atoms with Gasteiger partial charge in [0.25, 0.3) is 0 Å². The van der Waals surface area contributed by atoms with Gasteiger partial charge in [0.1, 0.15) is 0 Å². The van der Waals surface area contributed by atoms with E-state index in [1.54, 1.807) is 0 Å². The summed E-state index contributed by atoms with van der Waals surface area (Å²) in [5.74, 6) is 2.67. The molecule has 2 rings (SSSR count). The lowest BCUT2D eigenvalue weighted by molar-refractivity contribution is 0.166. The summed E-state index contributed by atoms with van der Waals surface area (Å²) in [4.78, 5) is 0. The average molecular weight is 287 g/mol. The number of nitrogens with one attached hydrogen (secondary N) is 1. The molecule has 0 radical (unpaired) electrons. The molecule has 1 saturated carbocycles. The third-order valence-corrected chi connectivity index (χ3v) is 4.94. The molecule has 118 valence electrons. The van der Waals surface area contributed by atoms with E-state index in [-0.39, 0.29) is 5.54 Å². The van der Waals surface area contributed by atoms with Gasteiger partial charge in [0, 0.05) is 5.54 Å². The summed E-state index contributed by atoms with van der Waals surface area (Å²) in [5, 5.41) is 3.73. The van der Waals surface area contributed by atoms with Gasteiger partial charge < -0.3 is 5.32 Å². The minimum atomic E-state index is 0.243. The van der Waals surface area contributed by atoms with Gasteiger partial charge >= 0.3 is 0 Å². The molecule has 0 aliphatic heterocycles. The first-order chi connectivity index (χ1) is 9.94. The lowest BCUT2D eigenvalue weighted by Crippen LogP contribution is -2.42. The molecule has 1 aliphatic carbocycles. The van der Waals surface area contributed by atoms with Crippen LogP contribution in [0.4, 0.5) is 0 Å². The summed E-state index contributed by atoms with van der Waals surface area (Å²) in [5.41, 5.74) is 1.74. The molecule has 0 bridgehead atoms. The molecule has 21 heavy (non-hydrogen) atoms. The Morgan fingerprint density at radius 1 is 1.05 bits per heavy atom. The number of hydrogen-bond acceptors (Lipinski definition) is 1. The van der Waals surface area contributed by atoms with Crippen molar-refractivity contribution in [1.29, 1.82) is 0 Å². The van der Waals surface area contributed by atoms with E-state index >= 15 is 0 Å². The minimum absolute atomic E-state index is 0.243. The molecule has 1 aromatic rings. The van der Waals surface area contributed by atoms with Crippen molar-refractivity contribution in [3.8, 4) is 0 Å². The largest absolute Gasteiger partial charge is 0.312 e. The van der Waals surface area contributed by atoms with Crippen LogP contribution < -0.4 is 5.32 Å². The summed E-state index contributed by atoms with van der Waals surface area (Å²) in [7, 11) is 0. The second-order valence-corrected chi connectivity index (χ2v) is 8.09. The molecule has 1 N–H and O–H groups in total. The molecular formula is C20H33N. The van der Waals surface area contributed by atoms with Crippen molar-refractivity contribution >= 4 is 0 Å². The summed E-state index contributed by atoms with van der Waals surface area (Å²) in [6, 6.07) is 11.0. The molecular weight excluding hydrogens is 254 g/mol. The maximum Gasteiger partial charge on any atom is 0.00966 e. The van der Waals surface area contributed by atoms with E-state index in [2.05, 4.69) is 63.3 Å². The van der Waals surface area contributed by atoms with Crippen molar-refractivity contribution in [2.24, 2.45) is 17.8 Å². The van der Waals surface area contributed by atoms with Crippen LogP contribution in [0.2, 0.25) is 0 Å². The topological polar surface area (TPSA) is 12.0 Å². The highest BCUT2D eigenvalue weighted by molar-refractivity contribution is 5.14. The monoisotopic (exact) mass is 287 g/mol. The van der Waals surface area contributed by atoms with Crippen molar-refractivity contribution in [3.63, 3.8) is 0 Å². The zero-order valence-electron chi connectivity index (χ0n) is 14.4. The fourth-order valence-electron chi connectivity index (χ4n) is 3.62. The first-order valence-electron chi connectivity index (χ1n) is 8.73. The molecule has 0 aromatic heterocycles. The van der Waals surface area contributed by atoms with Crippen LogP contribution in [-0.2, 0) is 6.42 Å². The summed E-state index contributed by atoms with van der Waals surface area (Å²) in [6.45, 7) is 10.4. The highest BCUT2D eigenvalue weighted by atomic mass is 14.9. The molecule has 1 aliphatic rings. The fraction of sp³-hybridized carbons (Fsp3) is 0.700. The van der Waals surface area contributed by atoms with Gasteiger partial charge in [-0.05, 0) is 76.3 Å². The maximum atomic E-state index is 3.73. The average Bonchev–Trinajstić information content (AvgIpc) is 2.44. The normalized spacial score (nSPS) is 26.8. The van der Waals surface area contributed by atoms with E-state index in [9.17, 15) is 0 Å². The molecule has 3 atom stereocenters. The van der Waals surface area contributed by atoms with Crippen molar-refractivity contribution in [2.45, 2.75) is 65.3 Å². The summed E-state index contributed by atoms with van der Waals surface area (Å²) in [6.07, 6.45) is 6.83. The van der Waals surface area contributed by atoms with E-state index in [4.69, 9.17) is 0 Å². The van der Waals surface area contributed by atoms with Gasteiger partial charge in [-0.2, -0.15) is 0 Å². The van der Waals surface area contributed by atoms with Gasteiger partial charge in [-0.15, -0.1) is 0 Å². The Morgan fingerprint density at radius 3 is 2.43 bits per heavy atom. The van der Waals surface area contributed by atoms with Crippen LogP contribution in [0.5, 0.6) is 0 Å². The smallest absolute Gasteiger partial charge is 0.00966 e. The van der Waals surface area contributed by atoms with Crippen LogP contribution in [0.25, 0.3) is 0 Å². The van der Waals surface area contributed by atoms with Gasteiger partial charge in [-0.1, -0.05) is 43.7 Å². The minimum Gasteiger partial charge on any atom is -0.312 e. The molecule has 1 nitrogen and oxygen atoms in total. The van der Waals surface area contributed by atoms with Gasteiger partial charge in [-0.3, -0.25) is 0 Å². The molecule has 1 fully saturated rings. The molecule has 1 heteroatoms. The Bertz CT molecular complexity index is 404. The SMILES string of the molecule is CC1CCC(CNC(C)(C)C)C(CCc2ccccc2)C1. The summed E-state index contributed by atoms with van der Waals surface area (Å²) >= 11 is 0. The Kier molecular flexibility index (Phi) is 5.87. The molecule has 0 saturated heterocycles. The van der Waals surface area contributed by atoms with Gasteiger partial charge in [0.15, 0.2) is 0 Å². The third kappa shape index (κ3) is 5.82. The Balaban J connectivity index is 1.89. The van der Waals surface area contributed by atoms with E-state index < -0.39 is 0 Å². The number of aryl methyl sites for hydroxylation is 1. The molecule has 0 spiro atoms. The van der Waals surface area contributed by atoms with E-state index in [0.29, 0.717) is 0 Å². The van der Waals surface area contributed by atoms with Gasteiger partial charge in [-0.25, -0.2) is 0 Å². The molecule has 0 amide bonds. The number of benzene rings is 1. The molecule has 3 unspecified atom stereocenters. The zero-order chi connectivity index (χ0) is 15.3. The van der Waals surface area contributed by atoms with Crippen LogP contribution >= 0.6 is 0 Å². The van der Waals surface area contributed by atoms with Crippen LogP contribution in [0.1, 0.15) is 58.9 Å². The maximum absolute atomic E-state index is 3.73. The van der Waals surface area contributed by atoms with Crippen LogP contribution in [0.15, 0.2) is 30.3 Å². The Hall–Kier alpha value is -0.820. The van der Waals surface area contributed by atoms with Crippen molar-refractivity contribution in [2.75, 3.05) is 6.54 Å². The fourth-order valence-corrected chi connectivity index (χ4v) is 3.62. The quantitative estimate of drug-likeness (QED) is 0.798. The van der Waals surface area contributed by atoms with Crippen molar-refractivity contribution < 1.29 is 0 Å². The standard InChI is InChI=1S/C20H33N/c1-16-10-12-19(15-21-20(2,3)4)18(14-16)13-11-17-8-6-5-7-9-17/h5-9,16,18-19,21H,10-15H2,1-4H3. The van der Waals surface area contributed by atoms with Crippen LogP contribution in [0, 0.1) is 17.8 Å². The molecule has 0 heterocycles. The number of hydrogen-bond donors (Lipinski definition) is 1. The highest BCUT2D eigenvalue weighted by Gasteiger charge is 2.28. The van der Waals surface area contributed by atoms with Gasteiger partial charge in [0.2, 0.25) is 0 Å². The first kappa shape index (κ1) is 16.5. The van der Waals surface area contributed by atoms with E-state index in [0.717, 1.165) is 17.8 Å². The van der Waals surface area contributed by atoms with Crippen LogP contribution in [0.3, 0.4) is 0 Å². The highest BCUT2D eigenvalue weighted by Crippen LogP contribution is 2.36. The third-order valence-electron chi connectivity index (χ3n) is 4.94. The van der Waals surface area contributed by atoms with Crippen molar-refractivity contribution in [1.82, 2.24) is 5.32 Å². The zero-order valence-corrected chi connectivity index (χ0v) is 14.4. The number of rotatable bonds is 5.